The highest BCUT2D eigenvalue weighted by atomic mass is 35.5. The lowest BCUT2D eigenvalue weighted by Crippen LogP contribution is -2.14. The van der Waals surface area contributed by atoms with Crippen molar-refractivity contribution in [2.24, 2.45) is 10.9 Å². The first-order valence-corrected chi connectivity index (χ1v) is 5.86. The van der Waals surface area contributed by atoms with Gasteiger partial charge >= 0.3 is 0 Å². The Balaban J connectivity index is 2.44. The van der Waals surface area contributed by atoms with Crippen LogP contribution >= 0.6 is 11.6 Å². The Labute approximate surface area is 115 Å². The molecule has 0 saturated carbocycles. The molecule has 3 N–H and O–H groups in total. The normalized spacial score (nSPS) is 11.4. The number of nitrogens with two attached hydrogens (primary N) is 1. The highest BCUT2D eigenvalue weighted by Gasteiger charge is 2.11. The standard InChI is InChI=1S/C13H12ClN3O2/c1-8-11(3-2-6-16-8)19-12-7-9(14)4-5-10(12)13(15)17-18/h2-7,18H,1H3,(H2,15,17). The van der Waals surface area contributed by atoms with Crippen LogP contribution in [0.15, 0.2) is 41.7 Å². The second kappa shape index (κ2) is 5.58. The minimum atomic E-state index is -0.0480. The van der Waals surface area contributed by atoms with Crippen molar-refractivity contribution >= 4 is 17.4 Å². The molecule has 0 amide bonds. The number of rotatable bonds is 3. The van der Waals surface area contributed by atoms with E-state index >= 15 is 0 Å². The number of benzene rings is 1. The van der Waals surface area contributed by atoms with E-state index in [1.165, 1.54) is 0 Å². The molecule has 19 heavy (non-hydrogen) atoms. The fourth-order valence-electron chi connectivity index (χ4n) is 1.54. The van der Waals surface area contributed by atoms with E-state index in [1.807, 2.05) is 6.92 Å². The van der Waals surface area contributed by atoms with Gasteiger partial charge in [-0.2, -0.15) is 0 Å². The minimum Gasteiger partial charge on any atom is -0.455 e. The number of nitrogens with zero attached hydrogens (tertiary/aromatic N) is 2. The maximum Gasteiger partial charge on any atom is 0.173 e. The number of hydrogen-bond donors (Lipinski definition) is 2. The number of halogens is 1. The van der Waals surface area contributed by atoms with Crippen LogP contribution < -0.4 is 10.5 Å². The van der Waals surface area contributed by atoms with Gasteiger partial charge in [0.1, 0.15) is 11.5 Å². The first kappa shape index (κ1) is 13.2. The molecule has 0 spiro atoms. The predicted molar refractivity (Wildman–Crippen MR) is 73.0 cm³/mol. The number of oxime groups is 1. The fraction of sp³-hybridized carbons (Fsp3) is 0.0769. The number of hydrogen-bond acceptors (Lipinski definition) is 4. The second-order valence-corrected chi connectivity index (χ2v) is 4.25. The molecule has 0 atom stereocenters. The highest BCUT2D eigenvalue weighted by Crippen LogP contribution is 2.29. The minimum absolute atomic E-state index is 0.0480. The van der Waals surface area contributed by atoms with Crippen molar-refractivity contribution < 1.29 is 9.94 Å². The topological polar surface area (TPSA) is 80.7 Å². The summed E-state index contributed by atoms with van der Waals surface area (Å²) in [5.41, 5.74) is 6.78. The van der Waals surface area contributed by atoms with E-state index in [4.69, 9.17) is 27.3 Å². The first-order valence-electron chi connectivity index (χ1n) is 5.48. The van der Waals surface area contributed by atoms with Crippen LogP contribution in [-0.4, -0.2) is 16.0 Å². The summed E-state index contributed by atoms with van der Waals surface area (Å²) in [6, 6.07) is 8.40. The van der Waals surface area contributed by atoms with E-state index < -0.39 is 0 Å². The number of amidine groups is 1. The van der Waals surface area contributed by atoms with Crippen LogP contribution in [-0.2, 0) is 0 Å². The quantitative estimate of drug-likeness (QED) is 0.391. The van der Waals surface area contributed by atoms with E-state index in [1.54, 1.807) is 36.5 Å². The number of aryl methyl sites for hydroxylation is 1. The zero-order chi connectivity index (χ0) is 13.8. The maximum absolute atomic E-state index is 8.76. The van der Waals surface area contributed by atoms with Gasteiger partial charge in [0.2, 0.25) is 0 Å². The maximum atomic E-state index is 8.76. The van der Waals surface area contributed by atoms with Crippen molar-refractivity contribution in [3.05, 3.63) is 52.8 Å². The largest absolute Gasteiger partial charge is 0.455 e. The van der Waals surface area contributed by atoms with Crippen LogP contribution in [0.5, 0.6) is 11.5 Å². The molecule has 0 radical (unpaired) electrons. The third-order valence-corrected chi connectivity index (χ3v) is 2.74. The van der Waals surface area contributed by atoms with Crippen molar-refractivity contribution in [2.75, 3.05) is 0 Å². The lowest BCUT2D eigenvalue weighted by atomic mass is 10.2. The van der Waals surface area contributed by atoms with Gasteiger partial charge in [-0.15, -0.1) is 0 Å². The highest BCUT2D eigenvalue weighted by molar-refractivity contribution is 6.30. The van der Waals surface area contributed by atoms with Crippen LogP contribution in [0.1, 0.15) is 11.3 Å². The molecule has 6 heteroatoms. The van der Waals surface area contributed by atoms with Crippen molar-refractivity contribution in [3.63, 3.8) is 0 Å². The smallest absolute Gasteiger partial charge is 0.173 e. The molecule has 2 aromatic rings. The summed E-state index contributed by atoms with van der Waals surface area (Å²) in [4.78, 5) is 4.12. The van der Waals surface area contributed by atoms with Crippen LogP contribution in [0.25, 0.3) is 0 Å². The molecule has 0 fully saturated rings. The molecule has 0 bridgehead atoms. The molecule has 0 saturated heterocycles. The van der Waals surface area contributed by atoms with Crippen LogP contribution in [0.2, 0.25) is 5.02 Å². The molecule has 5 nitrogen and oxygen atoms in total. The fourth-order valence-corrected chi connectivity index (χ4v) is 1.70. The predicted octanol–water partition coefficient (Wildman–Crippen LogP) is 2.93. The van der Waals surface area contributed by atoms with Gasteiger partial charge < -0.3 is 15.7 Å². The SMILES string of the molecule is Cc1ncccc1Oc1cc(Cl)ccc1C(N)=NO. The average molecular weight is 278 g/mol. The lowest BCUT2D eigenvalue weighted by molar-refractivity contribution is 0.318. The van der Waals surface area contributed by atoms with E-state index in [9.17, 15) is 0 Å². The summed E-state index contributed by atoms with van der Waals surface area (Å²) >= 11 is 5.93. The van der Waals surface area contributed by atoms with Gasteiger partial charge in [-0.1, -0.05) is 16.8 Å². The second-order valence-electron chi connectivity index (χ2n) is 3.81. The third kappa shape index (κ3) is 2.95. The Hall–Kier alpha value is -2.27. The molecule has 1 aromatic carbocycles. The van der Waals surface area contributed by atoms with Gasteiger partial charge in [-0.3, -0.25) is 4.98 Å². The molecule has 0 aliphatic heterocycles. The van der Waals surface area contributed by atoms with E-state index in [0.717, 1.165) is 5.69 Å². The van der Waals surface area contributed by atoms with Crippen LogP contribution in [0.4, 0.5) is 0 Å². The Morgan fingerprint density at radius 1 is 1.37 bits per heavy atom. The molecule has 98 valence electrons. The molecule has 0 aliphatic rings. The Kier molecular flexibility index (Phi) is 3.87. The molecular formula is C13H12ClN3O2. The molecule has 2 rings (SSSR count). The lowest BCUT2D eigenvalue weighted by Gasteiger charge is -2.11. The van der Waals surface area contributed by atoms with Crippen LogP contribution in [0.3, 0.4) is 0 Å². The Morgan fingerprint density at radius 3 is 2.84 bits per heavy atom. The molecular weight excluding hydrogens is 266 g/mol. The van der Waals surface area contributed by atoms with E-state index in [0.29, 0.717) is 22.1 Å². The first-order chi connectivity index (χ1) is 9.11. The average Bonchev–Trinajstić information content (AvgIpc) is 2.41. The summed E-state index contributed by atoms with van der Waals surface area (Å²) in [5, 5.41) is 12.2. The summed E-state index contributed by atoms with van der Waals surface area (Å²) in [5.74, 6) is 0.934. The van der Waals surface area contributed by atoms with Gasteiger partial charge in [0, 0.05) is 17.3 Å². The van der Waals surface area contributed by atoms with E-state index in [-0.39, 0.29) is 5.84 Å². The molecule has 1 heterocycles. The van der Waals surface area contributed by atoms with Gasteiger partial charge in [0.05, 0.1) is 11.3 Å². The summed E-state index contributed by atoms with van der Waals surface area (Å²) < 4.78 is 5.73. The van der Waals surface area contributed by atoms with E-state index in [2.05, 4.69) is 10.1 Å². The Bertz CT molecular complexity index is 629. The van der Waals surface area contributed by atoms with Crippen LogP contribution in [0, 0.1) is 6.92 Å². The molecule has 0 aliphatic carbocycles. The zero-order valence-corrected chi connectivity index (χ0v) is 10.9. The third-order valence-electron chi connectivity index (χ3n) is 2.51. The van der Waals surface area contributed by atoms with Gasteiger partial charge in [0.25, 0.3) is 0 Å². The van der Waals surface area contributed by atoms with Gasteiger partial charge in [0.15, 0.2) is 5.84 Å². The van der Waals surface area contributed by atoms with Gasteiger partial charge in [-0.05, 0) is 31.2 Å². The van der Waals surface area contributed by atoms with Crippen molar-refractivity contribution in [1.29, 1.82) is 0 Å². The molecule has 1 aromatic heterocycles. The Morgan fingerprint density at radius 2 is 2.16 bits per heavy atom. The zero-order valence-electron chi connectivity index (χ0n) is 10.2. The summed E-state index contributed by atoms with van der Waals surface area (Å²) in [6.07, 6.45) is 1.67. The van der Waals surface area contributed by atoms with Crippen molar-refractivity contribution in [3.8, 4) is 11.5 Å². The summed E-state index contributed by atoms with van der Waals surface area (Å²) in [7, 11) is 0. The van der Waals surface area contributed by atoms with Crippen molar-refractivity contribution in [2.45, 2.75) is 6.92 Å². The summed E-state index contributed by atoms with van der Waals surface area (Å²) in [6.45, 7) is 1.82. The number of aromatic nitrogens is 1. The molecule has 0 unspecified atom stereocenters. The van der Waals surface area contributed by atoms with Gasteiger partial charge in [-0.25, -0.2) is 0 Å². The number of pyridine rings is 1. The number of ether oxygens (including phenoxy) is 1. The van der Waals surface area contributed by atoms with Crippen molar-refractivity contribution in [1.82, 2.24) is 4.98 Å². The monoisotopic (exact) mass is 277 g/mol.